The molecule has 0 fully saturated rings. The summed E-state index contributed by atoms with van der Waals surface area (Å²) in [6.07, 6.45) is -1.01. The van der Waals surface area contributed by atoms with Gasteiger partial charge in [-0.05, 0) is 44.1 Å². The average molecular weight is 427 g/mol. The molecule has 1 aromatic carbocycles. The summed E-state index contributed by atoms with van der Waals surface area (Å²) >= 11 is 0. The highest BCUT2D eigenvalue weighted by Gasteiger charge is 2.31. The van der Waals surface area contributed by atoms with Gasteiger partial charge in [0.05, 0.1) is 6.61 Å². The summed E-state index contributed by atoms with van der Waals surface area (Å²) in [6, 6.07) is 3.55. The maximum atomic E-state index is 12.4. The van der Waals surface area contributed by atoms with Gasteiger partial charge in [0, 0.05) is 17.3 Å². The van der Waals surface area contributed by atoms with E-state index in [0.29, 0.717) is 11.3 Å². The summed E-state index contributed by atoms with van der Waals surface area (Å²) in [5, 5.41) is 0. The first-order chi connectivity index (χ1) is 12.9. The molecule has 166 valence electrons. The third-order valence-electron chi connectivity index (χ3n) is 4.04. The molecule has 6 nitrogen and oxygen atoms in total. The Hall–Kier alpha value is -1.36. The molecule has 1 rings (SSSR count). The summed E-state index contributed by atoms with van der Waals surface area (Å²) in [5.74, 6) is 0.417. The fourth-order valence-electron chi connectivity index (χ4n) is 2.82. The molecule has 29 heavy (non-hydrogen) atoms. The molecule has 1 unspecified atom stereocenters. The highest BCUT2D eigenvalue weighted by atomic mass is 31.2. The van der Waals surface area contributed by atoms with Crippen LogP contribution in [0.4, 0.5) is 4.79 Å². The van der Waals surface area contributed by atoms with E-state index in [1.54, 1.807) is 39.8 Å². The highest BCUT2D eigenvalue weighted by molar-refractivity contribution is 7.50. The molecule has 7 heteroatoms. The van der Waals surface area contributed by atoms with Crippen LogP contribution in [0.25, 0.3) is 0 Å². The van der Waals surface area contributed by atoms with Crippen LogP contribution in [0.1, 0.15) is 85.9 Å². The zero-order valence-electron chi connectivity index (χ0n) is 19.5. The first kappa shape index (κ1) is 25.7. The van der Waals surface area contributed by atoms with E-state index in [0.717, 1.165) is 11.1 Å². The van der Waals surface area contributed by atoms with Crippen molar-refractivity contribution in [3.8, 4) is 5.75 Å². The molecular formula is C22H36O6P-. The maximum Gasteiger partial charge on any atom is 0.514 e. The van der Waals surface area contributed by atoms with E-state index in [-0.39, 0.29) is 12.8 Å². The molecule has 0 aliphatic heterocycles. The van der Waals surface area contributed by atoms with Crippen LogP contribution < -0.4 is 9.63 Å². The Morgan fingerprint density at radius 2 is 1.41 bits per heavy atom. The molecule has 0 aliphatic carbocycles. The van der Waals surface area contributed by atoms with Crippen molar-refractivity contribution in [1.82, 2.24) is 0 Å². The van der Waals surface area contributed by atoms with Crippen molar-refractivity contribution < 1.29 is 28.3 Å². The van der Waals surface area contributed by atoms with Crippen LogP contribution in [0.15, 0.2) is 12.1 Å². The Bertz CT molecular complexity index is 743. The Labute approximate surface area is 175 Å². The standard InChI is InChI=1S/C22H37O6P/c1-11-26-29(24,25)14-15-12-16(20(2,3)4)18(17(13-15)21(5,6)7)27-19(23)28-22(8,9)10/h12-13H,11,14H2,1-10H3,(H,24,25)/p-1. The second-order valence-electron chi connectivity index (χ2n) is 10.3. The average Bonchev–Trinajstić information content (AvgIpc) is 2.43. The number of carbonyl (C=O) groups is 1. The second kappa shape index (κ2) is 8.79. The lowest BCUT2D eigenvalue weighted by molar-refractivity contribution is -0.198. The van der Waals surface area contributed by atoms with Gasteiger partial charge in [-0.2, -0.15) is 0 Å². The molecule has 0 radical (unpaired) electrons. The van der Waals surface area contributed by atoms with E-state index < -0.39 is 30.2 Å². The lowest BCUT2D eigenvalue weighted by Crippen LogP contribution is -2.28. The normalized spacial score (nSPS) is 15.0. The fraction of sp³-hybridized carbons (Fsp3) is 0.682. The summed E-state index contributed by atoms with van der Waals surface area (Å²) in [4.78, 5) is 24.7. The van der Waals surface area contributed by atoms with E-state index >= 15 is 0 Å². The van der Waals surface area contributed by atoms with Crippen molar-refractivity contribution in [2.24, 2.45) is 0 Å². The van der Waals surface area contributed by atoms with E-state index in [2.05, 4.69) is 0 Å². The SMILES string of the molecule is CCOP(=O)([O-])Cc1cc(C(C)(C)C)c(OC(=O)OC(C)(C)C)c(C(C)(C)C)c1. The summed E-state index contributed by atoms with van der Waals surface area (Å²) in [6.45, 7) is 19.0. The molecule has 1 atom stereocenters. The monoisotopic (exact) mass is 427 g/mol. The summed E-state index contributed by atoms with van der Waals surface area (Å²) < 4.78 is 28.2. The van der Waals surface area contributed by atoms with E-state index in [1.807, 2.05) is 41.5 Å². The topological polar surface area (TPSA) is 84.9 Å². The predicted octanol–water partition coefficient (Wildman–Crippen LogP) is 5.69. The molecule has 0 bridgehead atoms. The van der Waals surface area contributed by atoms with Crippen LogP contribution >= 0.6 is 7.60 Å². The lowest BCUT2D eigenvalue weighted by atomic mass is 9.78. The number of hydrogen-bond donors (Lipinski definition) is 0. The molecular weight excluding hydrogens is 391 g/mol. The molecule has 0 saturated carbocycles. The molecule has 0 heterocycles. The zero-order chi connectivity index (χ0) is 22.8. The minimum absolute atomic E-state index is 0.0961. The molecule has 0 spiro atoms. The van der Waals surface area contributed by atoms with Gasteiger partial charge in [-0.1, -0.05) is 53.7 Å². The fourth-order valence-corrected chi connectivity index (χ4v) is 3.94. The van der Waals surface area contributed by atoms with Crippen molar-refractivity contribution in [3.63, 3.8) is 0 Å². The lowest BCUT2D eigenvalue weighted by Gasteiger charge is -2.31. The number of ether oxygens (including phenoxy) is 2. The van der Waals surface area contributed by atoms with Crippen LogP contribution in [0.3, 0.4) is 0 Å². The number of hydrogen-bond acceptors (Lipinski definition) is 6. The van der Waals surface area contributed by atoms with Gasteiger partial charge >= 0.3 is 6.16 Å². The van der Waals surface area contributed by atoms with Crippen molar-refractivity contribution >= 4 is 13.8 Å². The smallest absolute Gasteiger partial charge is 0.514 e. The first-order valence-electron chi connectivity index (χ1n) is 9.89. The van der Waals surface area contributed by atoms with Crippen LogP contribution in [-0.4, -0.2) is 18.4 Å². The number of rotatable bonds is 5. The largest absolute Gasteiger partial charge is 0.778 e. The minimum atomic E-state index is -4.01. The van der Waals surface area contributed by atoms with Gasteiger partial charge in [-0.15, -0.1) is 0 Å². The number of carbonyl (C=O) groups excluding carboxylic acids is 1. The molecule has 0 saturated heterocycles. The van der Waals surface area contributed by atoms with Crippen molar-refractivity contribution in [2.75, 3.05) is 6.61 Å². The van der Waals surface area contributed by atoms with Crippen molar-refractivity contribution in [2.45, 2.75) is 91.8 Å². The van der Waals surface area contributed by atoms with Crippen LogP contribution in [0, 0.1) is 0 Å². The Balaban J connectivity index is 3.60. The Morgan fingerprint density at radius 1 is 0.966 bits per heavy atom. The van der Waals surface area contributed by atoms with Crippen molar-refractivity contribution in [1.29, 1.82) is 0 Å². The molecule has 0 aliphatic rings. The van der Waals surface area contributed by atoms with Crippen LogP contribution in [0.2, 0.25) is 0 Å². The number of benzene rings is 1. The predicted molar refractivity (Wildman–Crippen MR) is 114 cm³/mol. The zero-order valence-corrected chi connectivity index (χ0v) is 20.4. The van der Waals surface area contributed by atoms with Crippen molar-refractivity contribution in [3.05, 3.63) is 28.8 Å². The third-order valence-corrected chi connectivity index (χ3v) is 5.45. The summed E-state index contributed by atoms with van der Waals surface area (Å²) in [5.41, 5.74) is 0.596. The van der Waals surface area contributed by atoms with E-state index in [9.17, 15) is 14.3 Å². The highest BCUT2D eigenvalue weighted by Crippen LogP contribution is 2.46. The Morgan fingerprint density at radius 3 is 1.76 bits per heavy atom. The summed E-state index contributed by atoms with van der Waals surface area (Å²) in [7, 11) is -4.01. The van der Waals surface area contributed by atoms with E-state index in [1.165, 1.54) is 0 Å². The van der Waals surface area contributed by atoms with Gasteiger partial charge in [0.2, 0.25) is 0 Å². The van der Waals surface area contributed by atoms with Gasteiger partial charge in [-0.3, -0.25) is 0 Å². The molecule has 1 aromatic rings. The van der Waals surface area contributed by atoms with Crippen LogP contribution in [0.5, 0.6) is 5.75 Å². The molecule has 0 N–H and O–H groups in total. The second-order valence-corrected chi connectivity index (χ2v) is 12.1. The first-order valence-corrected chi connectivity index (χ1v) is 11.6. The quantitative estimate of drug-likeness (QED) is 0.341. The molecule has 0 aromatic heterocycles. The van der Waals surface area contributed by atoms with Gasteiger partial charge in [0.25, 0.3) is 0 Å². The maximum absolute atomic E-state index is 12.4. The molecule has 0 amide bonds. The van der Waals surface area contributed by atoms with Gasteiger partial charge < -0.3 is 23.5 Å². The third kappa shape index (κ3) is 8.12. The van der Waals surface area contributed by atoms with E-state index in [4.69, 9.17) is 14.0 Å². The van der Waals surface area contributed by atoms with Gasteiger partial charge in [0.15, 0.2) is 0 Å². The minimum Gasteiger partial charge on any atom is -0.778 e. The van der Waals surface area contributed by atoms with Gasteiger partial charge in [0.1, 0.15) is 18.9 Å². The van der Waals surface area contributed by atoms with Crippen LogP contribution in [-0.2, 0) is 30.8 Å². The van der Waals surface area contributed by atoms with Gasteiger partial charge in [-0.25, -0.2) is 4.79 Å². The Kier molecular flexibility index (Phi) is 7.78.